The van der Waals surface area contributed by atoms with Crippen molar-refractivity contribution in [2.75, 3.05) is 46.4 Å². The highest BCUT2D eigenvalue weighted by molar-refractivity contribution is 5.80. The van der Waals surface area contributed by atoms with E-state index >= 15 is 0 Å². The van der Waals surface area contributed by atoms with E-state index in [1.165, 1.54) is 13.5 Å². The van der Waals surface area contributed by atoms with Crippen LogP contribution in [0.5, 0.6) is 0 Å². The van der Waals surface area contributed by atoms with Crippen LogP contribution in [-0.4, -0.2) is 67.7 Å². The van der Waals surface area contributed by atoms with E-state index in [1.54, 1.807) is 6.92 Å². The number of hydrogen-bond donors (Lipinski definition) is 1. The Kier molecular flexibility index (Phi) is 5.36. The Balaban J connectivity index is 2.37. The maximum Gasteiger partial charge on any atom is 0.326 e. The molecule has 1 heterocycles. The Morgan fingerprint density at radius 2 is 1.82 bits per heavy atom. The molecule has 5 nitrogen and oxygen atoms in total. The molecular formula is C12H25N3O2. The minimum Gasteiger partial charge on any atom is -0.468 e. The molecule has 0 bridgehead atoms. The highest BCUT2D eigenvalue weighted by Gasteiger charge is 2.32. The first kappa shape index (κ1) is 14.4. The lowest BCUT2D eigenvalue weighted by Gasteiger charge is -2.37. The maximum absolute atomic E-state index is 11.5. The molecule has 0 spiro atoms. The number of esters is 1. The lowest BCUT2D eigenvalue weighted by Crippen LogP contribution is -2.58. The number of nitrogens with two attached hydrogens (primary N) is 1. The Morgan fingerprint density at radius 1 is 1.29 bits per heavy atom. The minimum absolute atomic E-state index is 0.339. The molecule has 0 aromatic rings. The summed E-state index contributed by atoms with van der Waals surface area (Å²) in [5.41, 5.74) is 5.06. The summed E-state index contributed by atoms with van der Waals surface area (Å²) in [5, 5.41) is 0. The summed E-state index contributed by atoms with van der Waals surface area (Å²) in [6.07, 6.45) is 1.19. The van der Waals surface area contributed by atoms with Gasteiger partial charge in [0.25, 0.3) is 0 Å². The number of nitrogens with zero attached hydrogens (tertiary/aromatic N) is 2. The summed E-state index contributed by atoms with van der Waals surface area (Å²) < 4.78 is 4.72. The van der Waals surface area contributed by atoms with E-state index < -0.39 is 5.54 Å². The van der Waals surface area contributed by atoms with E-state index in [9.17, 15) is 4.79 Å². The van der Waals surface area contributed by atoms with Crippen LogP contribution in [0.1, 0.15) is 20.3 Å². The van der Waals surface area contributed by atoms with E-state index in [0.29, 0.717) is 6.54 Å². The SMILES string of the molecule is CCCN1CCN(CC(C)(N)C(=O)OC)CC1. The standard InChI is InChI=1S/C12H25N3O2/c1-4-5-14-6-8-15(9-7-14)10-12(2,13)11(16)17-3/h4-10,13H2,1-3H3. The van der Waals surface area contributed by atoms with Crippen LogP contribution in [0.25, 0.3) is 0 Å². The summed E-state index contributed by atoms with van der Waals surface area (Å²) in [6, 6.07) is 0. The largest absolute Gasteiger partial charge is 0.468 e. The second-order valence-electron chi connectivity index (χ2n) is 5.03. The van der Waals surface area contributed by atoms with Crippen LogP contribution in [0.2, 0.25) is 0 Å². The Hall–Kier alpha value is -0.650. The lowest BCUT2D eigenvalue weighted by atomic mass is 10.0. The van der Waals surface area contributed by atoms with Crippen LogP contribution in [0.3, 0.4) is 0 Å². The number of rotatable bonds is 5. The molecule has 1 rings (SSSR count). The Bertz CT molecular complexity index is 248. The lowest BCUT2D eigenvalue weighted by molar-refractivity contribution is -0.147. The smallest absolute Gasteiger partial charge is 0.326 e. The van der Waals surface area contributed by atoms with Gasteiger partial charge in [0, 0.05) is 32.7 Å². The minimum atomic E-state index is -0.901. The first-order valence-electron chi connectivity index (χ1n) is 6.31. The molecule has 5 heteroatoms. The molecule has 1 aliphatic heterocycles. The molecule has 1 fully saturated rings. The third kappa shape index (κ3) is 4.26. The zero-order chi connectivity index (χ0) is 12.9. The normalized spacial score (nSPS) is 22.1. The summed E-state index contributed by atoms with van der Waals surface area (Å²) in [7, 11) is 1.38. The van der Waals surface area contributed by atoms with Crippen molar-refractivity contribution < 1.29 is 9.53 Å². The average Bonchev–Trinajstić information content (AvgIpc) is 2.30. The van der Waals surface area contributed by atoms with Crippen LogP contribution < -0.4 is 5.73 Å². The summed E-state index contributed by atoms with van der Waals surface area (Å²) in [6.45, 7) is 9.73. The first-order chi connectivity index (χ1) is 7.99. The van der Waals surface area contributed by atoms with Crippen molar-refractivity contribution in [2.24, 2.45) is 5.73 Å². The van der Waals surface area contributed by atoms with E-state index in [4.69, 9.17) is 10.5 Å². The molecule has 0 saturated carbocycles. The van der Waals surface area contributed by atoms with Gasteiger partial charge in [0.1, 0.15) is 5.54 Å². The number of hydrogen-bond acceptors (Lipinski definition) is 5. The van der Waals surface area contributed by atoms with Crippen molar-refractivity contribution in [2.45, 2.75) is 25.8 Å². The third-order valence-corrected chi connectivity index (χ3v) is 3.21. The third-order valence-electron chi connectivity index (χ3n) is 3.21. The topological polar surface area (TPSA) is 58.8 Å². The first-order valence-corrected chi connectivity index (χ1v) is 6.31. The monoisotopic (exact) mass is 243 g/mol. The van der Waals surface area contributed by atoms with E-state index in [2.05, 4.69) is 16.7 Å². The summed E-state index contributed by atoms with van der Waals surface area (Å²) in [4.78, 5) is 16.2. The van der Waals surface area contributed by atoms with Crippen molar-refractivity contribution in [3.05, 3.63) is 0 Å². The van der Waals surface area contributed by atoms with Gasteiger partial charge in [-0.1, -0.05) is 6.92 Å². The van der Waals surface area contributed by atoms with Gasteiger partial charge >= 0.3 is 5.97 Å². The van der Waals surface area contributed by atoms with Crippen LogP contribution in [0.15, 0.2) is 0 Å². The molecule has 0 aromatic heterocycles. The Labute approximate surface area is 104 Å². The molecule has 0 amide bonds. The van der Waals surface area contributed by atoms with Crippen molar-refractivity contribution in [1.29, 1.82) is 0 Å². The van der Waals surface area contributed by atoms with Crippen molar-refractivity contribution in [1.82, 2.24) is 9.80 Å². The molecule has 1 unspecified atom stereocenters. The highest BCUT2D eigenvalue weighted by Crippen LogP contribution is 2.09. The number of piperazine rings is 1. The second kappa shape index (κ2) is 6.33. The predicted octanol–water partition coefficient (Wildman–Crippen LogP) is -0.0956. The van der Waals surface area contributed by atoms with Crippen molar-refractivity contribution in [3.8, 4) is 0 Å². The van der Waals surface area contributed by atoms with Crippen LogP contribution in [-0.2, 0) is 9.53 Å². The maximum atomic E-state index is 11.5. The van der Waals surface area contributed by atoms with Gasteiger partial charge in [-0.3, -0.25) is 9.69 Å². The average molecular weight is 243 g/mol. The quantitative estimate of drug-likeness (QED) is 0.684. The van der Waals surface area contributed by atoms with E-state index in [1.807, 2.05) is 0 Å². The summed E-state index contributed by atoms with van der Waals surface area (Å²) >= 11 is 0. The molecule has 1 saturated heterocycles. The van der Waals surface area contributed by atoms with E-state index in [0.717, 1.165) is 32.7 Å². The van der Waals surface area contributed by atoms with Gasteiger partial charge in [-0.2, -0.15) is 0 Å². The highest BCUT2D eigenvalue weighted by atomic mass is 16.5. The number of ether oxygens (including phenoxy) is 1. The van der Waals surface area contributed by atoms with Gasteiger partial charge in [-0.15, -0.1) is 0 Å². The molecule has 1 atom stereocenters. The van der Waals surface area contributed by atoms with Gasteiger partial charge in [0.15, 0.2) is 0 Å². The zero-order valence-electron chi connectivity index (χ0n) is 11.2. The molecule has 2 N–H and O–H groups in total. The second-order valence-corrected chi connectivity index (χ2v) is 5.03. The number of carbonyl (C=O) groups is 1. The van der Waals surface area contributed by atoms with Gasteiger partial charge in [-0.05, 0) is 19.9 Å². The van der Waals surface area contributed by atoms with Crippen LogP contribution in [0.4, 0.5) is 0 Å². The molecular weight excluding hydrogens is 218 g/mol. The van der Waals surface area contributed by atoms with Crippen molar-refractivity contribution in [3.63, 3.8) is 0 Å². The molecule has 0 aliphatic carbocycles. The predicted molar refractivity (Wildman–Crippen MR) is 67.8 cm³/mol. The van der Waals surface area contributed by atoms with Gasteiger partial charge in [0.05, 0.1) is 7.11 Å². The van der Waals surface area contributed by atoms with Gasteiger partial charge < -0.3 is 15.4 Å². The molecule has 0 radical (unpaired) electrons. The number of methoxy groups -OCH3 is 1. The molecule has 1 aliphatic rings. The van der Waals surface area contributed by atoms with E-state index in [-0.39, 0.29) is 5.97 Å². The number of carbonyl (C=O) groups excluding carboxylic acids is 1. The van der Waals surface area contributed by atoms with Crippen LogP contribution >= 0.6 is 0 Å². The summed E-state index contributed by atoms with van der Waals surface area (Å²) in [5.74, 6) is -0.339. The molecule has 0 aromatic carbocycles. The van der Waals surface area contributed by atoms with Gasteiger partial charge in [0.2, 0.25) is 0 Å². The molecule has 100 valence electrons. The van der Waals surface area contributed by atoms with Crippen LogP contribution in [0, 0.1) is 0 Å². The fraction of sp³-hybridized carbons (Fsp3) is 0.917. The fourth-order valence-corrected chi connectivity index (χ4v) is 2.25. The van der Waals surface area contributed by atoms with Crippen molar-refractivity contribution >= 4 is 5.97 Å². The van der Waals surface area contributed by atoms with Gasteiger partial charge in [-0.25, -0.2) is 0 Å². The molecule has 17 heavy (non-hydrogen) atoms. The zero-order valence-corrected chi connectivity index (χ0v) is 11.2. The Morgan fingerprint density at radius 3 is 2.29 bits per heavy atom. The fourth-order valence-electron chi connectivity index (χ4n) is 2.25.